The minimum atomic E-state index is -0.0186. The number of aryl methyl sites for hydroxylation is 2. The molecule has 8 heterocycles. The molecule has 0 saturated heterocycles. The monoisotopic (exact) mass is 1590 g/mol. The van der Waals surface area contributed by atoms with Gasteiger partial charge in [-0.25, -0.2) is 0 Å². The van der Waals surface area contributed by atoms with E-state index in [2.05, 4.69) is 297 Å². The Kier molecular flexibility index (Phi) is 32.3. The average Bonchev–Trinajstić information content (AvgIpc) is 1.54. The van der Waals surface area contributed by atoms with E-state index in [1.807, 2.05) is 133 Å². The first kappa shape index (κ1) is 93.8. The Morgan fingerprint density at radius 2 is 0.701 bits per heavy atom. The van der Waals surface area contributed by atoms with E-state index in [4.69, 9.17) is 8.83 Å². The number of anilines is 2. The van der Waals surface area contributed by atoms with Crippen molar-refractivity contribution in [3.05, 3.63) is 216 Å². The van der Waals surface area contributed by atoms with Crippen LogP contribution in [0.2, 0.25) is 0 Å². The predicted octanol–water partition coefficient (Wildman–Crippen LogP) is 34.9. The number of rotatable bonds is 0. The third kappa shape index (κ3) is 18.8. The lowest BCUT2D eigenvalue weighted by Gasteiger charge is -2.42. The van der Waals surface area contributed by atoms with Crippen LogP contribution in [0.3, 0.4) is 0 Å². The van der Waals surface area contributed by atoms with Gasteiger partial charge in [-0.2, -0.15) is 0 Å². The van der Waals surface area contributed by atoms with Gasteiger partial charge in [-0.05, 0) is 255 Å². The van der Waals surface area contributed by atoms with Gasteiger partial charge in [0.05, 0.1) is 27.5 Å². The van der Waals surface area contributed by atoms with Crippen molar-refractivity contribution in [2.45, 2.75) is 337 Å². The van der Waals surface area contributed by atoms with Crippen LogP contribution >= 0.6 is 11.3 Å². The third-order valence-corrected chi connectivity index (χ3v) is 24.0. The van der Waals surface area contributed by atoms with Crippen molar-refractivity contribution in [1.29, 1.82) is 0 Å². The van der Waals surface area contributed by atoms with E-state index in [-0.39, 0.29) is 35.1 Å². The highest BCUT2D eigenvalue weighted by Crippen LogP contribution is 2.54. The first-order valence-corrected chi connectivity index (χ1v) is 46.1. The second-order valence-electron chi connectivity index (χ2n) is 35.0. The van der Waals surface area contributed by atoms with E-state index in [1.54, 1.807) is 27.9 Å². The molecule has 0 spiro atoms. The molecule has 0 radical (unpaired) electrons. The van der Waals surface area contributed by atoms with Gasteiger partial charge < -0.3 is 32.3 Å². The molecular weight excluding hydrogens is 1440 g/mol. The number of hydrogen-bond donors (Lipinski definition) is 0. The molecule has 2 saturated carbocycles. The molecule has 8 heteroatoms. The van der Waals surface area contributed by atoms with E-state index in [9.17, 15) is 0 Å². The Bertz CT molecular complexity index is 5460. The normalized spacial score (nSPS) is 16.4. The van der Waals surface area contributed by atoms with Crippen LogP contribution in [0.15, 0.2) is 203 Å². The lowest BCUT2D eigenvalue weighted by Crippen LogP contribution is -2.48. The van der Waals surface area contributed by atoms with E-state index in [1.165, 1.54) is 168 Å². The molecule has 4 atom stereocenters. The third-order valence-electron chi connectivity index (χ3n) is 22.9. The lowest BCUT2D eigenvalue weighted by molar-refractivity contribution is 0.341. The summed E-state index contributed by atoms with van der Waals surface area (Å²) in [4.78, 5) is 6.89. The molecule has 2 fully saturated rings. The number of nitrogens with zero attached hydrogens (tertiary/aromatic N) is 5. The van der Waals surface area contributed by atoms with Crippen LogP contribution in [0.1, 0.15) is 307 Å². The van der Waals surface area contributed by atoms with Crippen molar-refractivity contribution in [3.63, 3.8) is 0 Å². The highest BCUT2D eigenvalue weighted by molar-refractivity contribution is 7.25. The summed E-state index contributed by atoms with van der Waals surface area (Å²) in [6.45, 7) is 62.5. The van der Waals surface area contributed by atoms with Crippen molar-refractivity contribution in [2.24, 2.45) is 0 Å². The topological polar surface area (TPSA) is 47.5 Å². The van der Waals surface area contributed by atoms with Gasteiger partial charge >= 0.3 is 0 Å². The number of thiophene rings is 1. The number of para-hydroxylation sites is 5. The van der Waals surface area contributed by atoms with Gasteiger partial charge in [-0.1, -0.05) is 257 Å². The van der Waals surface area contributed by atoms with Crippen LogP contribution in [0.25, 0.3) is 108 Å². The molecule has 630 valence electrons. The van der Waals surface area contributed by atoms with Gasteiger partial charge in [-0.3, -0.25) is 0 Å². The fourth-order valence-electron chi connectivity index (χ4n) is 19.0. The van der Waals surface area contributed by atoms with Gasteiger partial charge in [0.25, 0.3) is 0 Å². The van der Waals surface area contributed by atoms with Crippen molar-refractivity contribution in [2.75, 3.05) is 9.80 Å². The molecule has 6 aromatic heterocycles. The maximum atomic E-state index is 6.16. The highest BCUT2D eigenvalue weighted by atomic mass is 32.1. The smallest absolute Gasteiger partial charge is 0.209 e. The fraction of sp³-hybridized carbons (Fsp3) is 0.468. The number of benzene rings is 9. The van der Waals surface area contributed by atoms with E-state index in [0.29, 0.717) is 6.04 Å². The molecule has 0 N–H and O–H groups in total. The van der Waals surface area contributed by atoms with E-state index < -0.39 is 0 Å². The number of aromatic nitrogens is 3. The molecule has 2 aliphatic heterocycles. The maximum Gasteiger partial charge on any atom is 0.209 e. The molecular formula is C109H151N5O2S. The number of furan rings is 2. The largest absolute Gasteiger partial charge is 0.454 e. The minimum absolute atomic E-state index is 0. The van der Waals surface area contributed by atoms with E-state index in [0.717, 1.165) is 40.3 Å². The van der Waals surface area contributed by atoms with Crippen molar-refractivity contribution in [1.82, 2.24) is 13.7 Å². The van der Waals surface area contributed by atoms with Crippen LogP contribution < -0.4 is 9.80 Å². The maximum absolute atomic E-state index is 6.16. The Labute approximate surface area is 711 Å². The molecule has 4 unspecified atom stereocenters. The number of hydrogen-bond acceptors (Lipinski definition) is 5. The molecule has 5 aliphatic rings. The summed E-state index contributed by atoms with van der Waals surface area (Å²) < 4.78 is 20.8. The predicted molar refractivity (Wildman–Crippen MR) is 526 cm³/mol. The highest BCUT2D eigenvalue weighted by Gasteiger charge is 2.46. The Morgan fingerprint density at radius 1 is 0.325 bits per heavy atom. The van der Waals surface area contributed by atoms with Crippen molar-refractivity contribution in [3.8, 4) is 0 Å². The zero-order chi connectivity index (χ0) is 84.9. The summed E-state index contributed by atoms with van der Waals surface area (Å²) in [6.07, 6.45) is 16.5. The van der Waals surface area contributed by atoms with Crippen LogP contribution in [-0.2, 0) is 29.5 Å². The zero-order valence-corrected chi connectivity index (χ0v) is 78.0. The summed E-state index contributed by atoms with van der Waals surface area (Å²) in [5.41, 5.74) is 19.1. The van der Waals surface area contributed by atoms with Gasteiger partial charge in [-0.15, -0.1) is 11.3 Å². The second-order valence-corrected chi connectivity index (χ2v) is 36.1. The molecule has 0 amide bonds. The molecule has 9 aromatic carbocycles. The SMILES string of the molecule is C.CC.CC.CC.CC.CC.CC.CC.CC(C)(C)N1c2cc3c(cc2C2CCCCC21)CCCC3.CC(C)(C)N1c2cc3ccccc3cc2C2CCCCC21.CC(C)(C)n1c2ccccc2c2c3ccccc3oc21.CC(C)(C)n1c2ccccc2c2c3ccccc3sc21.CC(C)(C)n1c2ccccc2c2oc3ccccc3c21. The van der Waals surface area contributed by atoms with Crippen LogP contribution in [-0.4, -0.2) is 36.9 Å². The van der Waals surface area contributed by atoms with Crippen LogP contribution in [0, 0.1) is 0 Å². The lowest BCUT2D eigenvalue weighted by atomic mass is 9.80. The molecule has 0 bridgehead atoms. The number of fused-ring (bicyclic) bond motifs is 23. The summed E-state index contributed by atoms with van der Waals surface area (Å²) in [5, 5.41) is 13.0. The zero-order valence-electron chi connectivity index (χ0n) is 77.2. The van der Waals surface area contributed by atoms with Crippen LogP contribution in [0.4, 0.5) is 11.4 Å². The first-order valence-electron chi connectivity index (χ1n) is 45.3. The Morgan fingerprint density at radius 3 is 1.21 bits per heavy atom. The Balaban J connectivity index is 0.000000175. The molecule has 117 heavy (non-hydrogen) atoms. The average molecular weight is 1600 g/mol. The van der Waals surface area contributed by atoms with Gasteiger partial charge in [0.1, 0.15) is 16.0 Å². The summed E-state index contributed by atoms with van der Waals surface area (Å²) in [5.74, 6) is 1.55. The van der Waals surface area contributed by atoms with Crippen LogP contribution in [0.5, 0.6) is 0 Å². The second kappa shape index (κ2) is 40.4. The van der Waals surface area contributed by atoms with Gasteiger partial charge in [0.2, 0.25) is 5.71 Å². The quantitative estimate of drug-likeness (QED) is 0.152. The molecule has 7 nitrogen and oxygen atoms in total. The Hall–Kier alpha value is -8.72. The summed E-state index contributed by atoms with van der Waals surface area (Å²) in [7, 11) is 0. The van der Waals surface area contributed by atoms with E-state index >= 15 is 0 Å². The van der Waals surface area contributed by atoms with Crippen molar-refractivity contribution < 1.29 is 8.83 Å². The standard InChI is InChI=1S/C20H29N.C20H25N.2C18H17NO.C18H17NS.7C2H6.CH4/c2*1-20(2,3)21-18-11-7-6-10-16(18)17-12-14-8-4-5-9-15(14)13-19(17)21;1-18(2,3)19-14-10-6-4-8-12(14)17-16(19)13-9-5-7-11-15(13)20-17;2*1-18(2,3)19-14-10-6-4-8-12(14)16-13-9-5-7-11-15(13)20-17(16)19;7*1-2;/h12-13,16,18H,4-11H2,1-3H3;4-5,8-9,12-13,16,18H,6-7,10-11H2,1-3H3;3*4-11H,1-3H3;7*1-2H3;1H4. The molecule has 20 rings (SSSR count). The minimum Gasteiger partial charge on any atom is -0.454 e. The summed E-state index contributed by atoms with van der Waals surface area (Å²) in [6, 6.07) is 71.4. The van der Waals surface area contributed by atoms with Gasteiger partial charge in [0, 0.05) is 105 Å². The van der Waals surface area contributed by atoms with Gasteiger partial charge in [0.15, 0.2) is 5.58 Å². The summed E-state index contributed by atoms with van der Waals surface area (Å²) >= 11 is 1.90. The fourth-order valence-corrected chi connectivity index (χ4v) is 20.4. The molecule has 15 aromatic rings. The first-order chi connectivity index (χ1) is 55.8. The van der Waals surface area contributed by atoms with Crippen molar-refractivity contribution >= 4 is 131 Å². The molecule has 3 aliphatic carbocycles.